The molecule has 0 saturated heterocycles. The number of nitrogens with two attached hydrogens (primary N) is 1. The van der Waals surface area contributed by atoms with Gasteiger partial charge in [0.05, 0.1) is 6.54 Å². The van der Waals surface area contributed by atoms with E-state index in [4.69, 9.17) is 5.73 Å². The molecule has 0 aromatic rings. The van der Waals surface area contributed by atoms with Gasteiger partial charge in [0.15, 0.2) is 0 Å². The van der Waals surface area contributed by atoms with E-state index in [9.17, 15) is 4.79 Å². The van der Waals surface area contributed by atoms with Gasteiger partial charge in [0.25, 0.3) is 0 Å². The van der Waals surface area contributed by atoms with Gasteiger partial charge in [-0.25, -0.2) is 0 Å². The Balaban J connectivity index is 0.00000121. The van der Waals surface area contributed by atoms with Crippen LogP contribution in [0.1, 0.15) is 13.3 Å². The molecule has 0 radical (unpaired) electrons. The Morgan fingerprint density at radius 2 is 2.25 bits per heavy atom. The summed E-state index contributed by atoms with van der Waals surface area (Å²) in [4.78, 5) is 11.0. The largest absolute Gasteiger partial charge is 0.351 e. The highest BCUT2D eigenvalue weighted by Gasteiger charge is 2.34. The number of nitrogens with one attached hydrogen (secondary N) is 2. The molecule has 72 valence electrons. The molecule has 1 fully saturated rings. The molecule has 1 amide bonds. The second-order valence-electron chi connectivity index (χ2n) is 2.85. The third-order valence-electron chi connectivity index (χ3n) is 1.72. The van der Waals surface area contributed by atoms with Gasteiger partial charge in [-0.15, -0.1) is 12.4 Å². The first-order valence-electron chi connectivity index (χ1n) is 3.99. The van der Waals surface area contributed by atoms with Crippen molar-refractivity contribution in [2.75, 3.05) is 13.1 Å². The summed E-state index contributed by atoms with van der Waals surface area (Å²) >= 11 is 0. The van der Waals surface area contributed by atoms with Crippen molar-refractivity contribution in [3.8, 4) is 0 Å². The Bertz CT molecular complexity index is 154. The lowest BCUT2D eigenvalue weighted by atomic mass is 10.5. The van der Waals surface area contributed by atoms with Crippen LogP contribution in [0.5, 0.6) is 0 Å². The number of carbonyl (C=O) groups is 1. The van der Waals surface area contributed by atoms with Gasteiger partial charge in [0.2, 0.25) is 5.91 Å². The van der Waals surface area contributed by atoms with Gasteiger partial charge in [0.1, 0.15) is 0 Å². The maximum absolute atomic E-state index is 11.0. The van der Waals surface area contributed by atoms with Crippen molar-refractivity contribution in [3.05, 3.63) is 0 Å². The predicted molar refractivity (Wildman–Crippen MR) is 50.3 cm³/mol. The summed E-state index contributed by atoms with van der Waals surface area (Å²) < 4.78 is 0. The molecule has 0 heterocycles. The number of rotatable bonds is 4. The van der Waals surface area contributed by atoms with Crippen LogP contribution < -0.4 is 16.4 Å². The summed E-state index contributed by atoms with van der Waals surface area (Å²) in [5.74, 6) is 0.0461. The summed E-state index contributed by atoms with van der Waals surface area (Å²) in [7, 11) is 0. The van der Waals surface area contributed by atoms with E-state index in [0.717, 1.165) is 13.0 Å². The van der Waals surface area contributed by atoms with Gasteiger partial charge in [-0.05, 0) is 13.0 Å². The Labute approximate surface area is 78.7 Å². The molecule has 1 saturated carbocycles. The lowest BCUT2D eigenvalue weighted by molar-refractivity contribution is -0.120. The van der Waals surface area contributed by atoms with Crippen LogP contribution in [0.15, 0.2) is 0 Å². The van der Waals surface area contributed by atoms with Gasteiger partial charge in [-0.2, -0.15) is 0 Å². The van der Waals surface area contributed by atoms with E-state index >= 15 is 0 Å². The highest BCUT2D eigenvalue weighted by molar-refractivity contribution is 5.85. The van der Waals surface area contributed by atoms with Crippen LogP contribution in [0.3, 0.4) is 0 Å². The average molecular weight is 194 g/mol. The van der Waals surface area contributed by atoms with Crippen LogP contribution in [0, 0.1) is 0 Å². The van der Waals surface area contributed by atoms with Crippen LogP contribution in [0.4, 0.5) is 0 Å². The Morgan fingerprint density at radius 1 is 1.67 bits per heavy atom. The molecule has 0 bridgehead atoms. The summed E-state index contributed by atoms with van der Waals surface area (Å²) in [6.07, 6.45) is 0.928. The van der Waals surface area contributed by atoms with Crippen molar-refractivity contribution in [3.63, 3.8) is 0 Å². The molecule has 4 nitrogen and oxygen atoms in total. The minimum atomic E-state index is 0. The maximum atomic E-state index is 11.0. The third-order valence-corrected chi connectivity index (χ3v) is 1.72. The lowest BCUT2D eigenvalue weighted by Gasteiger charge is -2.02. The van der Waals surface area contributed by atoms with Crippen LogP contribution >= 0.6 is 12.4 Å². The molecular formula is C7H16ClN3O. The molecule has 0 aromatic heterocycles. The fraction of sp³-hybridized carbons (Fsp3) is 0.857. The fourth-order valence-corrected chi connectivity index (χ4v) is 0.877. The van der Waals surface area contributed by atoms with Crippen molar-refractivity contribution in [1.82, 2.24) is 10.6 Å². The van der Waals surface area contributed by atoms with Crippen molar-refractivity contribution >= 4 is 18.3 Å². The fourth-order valence-electron chi connectivity index (χ4n) is 0.877. The predicted octanol–water partition coefficient (Wildman–Crippen LogP) is -0.766. The normalized spacial score (nSPS) is 25.8. The summed E-state index contributed by atoms with van der Waals surface area (Å²) in [5.41, 5.74) is 5.51. The minimum absolute atomic E-state index is 0. The first kappa shape index (κ1) is 11.7. The molecule has 1 rings (SSSR count). The van der Waals surface area contributed by atoms with Crippen molar-refractivity contribution < 1.29 is 4.79 Å². The smallest absolute Gasteiger partial charge is 0.234 e. The molecule has 0 aromatic carbocycles. The Morgan fingerprint density at radius 3 is 2.67 bits per heavy atom. The van der Waals surface area contributed by atoms with E-state index in [1.807, 2.05) is 6.92 Å². The Kier molecular flexibility index (Phi) is 5.20. The molecule has 1 aliphatic rings. The first-order chi connectivity index (χ1) is 5.24. The van der Waals surface area contributed by atoms with Gasteiger partial charge in [-0.1, -0.05) is 6.92 Å². The van der Waals surface area contributed by atoms with Crippen molar-refractivity contribution in [1.29, 1.82) is 0 Å². The molecule has 0 spiro atoms. The monoisotopic (exact) mass is 193 g/mol. The van der Waals surface area contributed by atoms with Crippen molar-refractivity contribution in [2.24, 2.45) is 5.73 Å². The Hall–Kier alpha value is -0.320. The number of amides is 1. The molecule has 0 aliphatic heterocycles. The van der Waals surface area contributed by atoms with E-state index in [0.29, 0.717) is 6.54 Å². The molecule has 1 aliphatic carbocycles. The van der Waals surface area contributed by atoms with Gasteiger partial charge in [0, 0.05) is 12.1 Å². The van der Waals surface area contributed by atoms with E-state index in [2.05, 4.69) is 10.6 Å². The van der Waals surface area contributed by atoms with E-state index in [1.165, 1.54) is 0 Å². The molecule has 12 heavy (non-hydrogen) atoms. The standard InChI is InChI=1S/C7H15N3O.ClH/c1-2-9-4-7(11)10-6-3-5(6)8;/h5-6,9H,2-4,8H2,1H3,(H,10,11);1H. The first-order valence-corrected chi connectivity index (χ1v) is 3.99. The van der Waals surface area contributed by atoms with E-state index in [1.54, 1.807) is 0 Å². The minimum Gasteiger partial charge on any atom is -0.351 e. The number of hydrogen-bond acceptors (Lipinski definition) is 3. The van der Waals surface area contributed by atoms with Crippen molar-refractivity contribution in [2.45, 2.75) is 25.4 Å². The second-order valence-corrected chi connectivity index (χ2v) is 2.85. The van der Waals surface area contributed by atoms with Gasteiger partial charge in [-0.3, -0.25) is 4.79 Å². The number of hydrogen-bond donors (Lipinski definition) is 3. The zero-order valence-corrected chi connectivity index (χ0v) is 7.99. The molecule has 2 unspecified atom stereocenters. The molecule has 4 N–H and O–H groups in total. The highest BCUT2D eigenvalue weighted by Crippen LogP contribution is 2.16. The summed E-state index contributed by atoms with van der Waals surface area (Å²) in [6, 6.07) is 0.432. The number of likely N-dealkylation sites (N-methyl/N-ethyl adjacent to an activating group) is 1. The SMILES string of the molecule is CCNCC(=O)NC1CC1N.Cl. The van der Waals surface area contributed by atoms with E-state index in [-0.39, 0.29) is 30.4 Å². The number of carbonyl (C=O) groups excluding carboxylic acids is 1. The molecule has 2 atom stereocenters. The summed E-state index contributed by atoms with van der Waals surface area (Å²) in [6.45, 7) is 3.19. The van der Waals surface area contributed by atoms with Gasteiger partial charge < -0.3 is 16.4 Å². The van der Waals surface area contributed by atoms with Crippen LogP contribution in [0.25, 0.3) is 0 Å². The highest BCUT2D eigenvalue weighted by atomic mass is 35.5. The number of halogens is 1. The quantitative estimate of drug-likeness (QED) is 0.550. The average Bonchev–Trinajstić information content (AvgIpc) is 2.62. The molecular weight excluding hydrogens is 178 g/mol. The second kappa shape index (κ2) is 5.35. The molecule has 5 heteroatoms. The van der Waals surface area contributed by atoms with Crippen LogP contribution in [0.2, 0.25) is 0 Å². The maximum Gasteiger partial charge on any atom is 0.234 e. The third kappa shape index (κ3) is 3.90. The summed E-state index contributed by atoms with van der Waals surface area (Å²) in [5, 5.41) is 5.76. The topological polar surface area (TPSA) is 67.2 Å². The van der Waals surface area contributed by atoms with Crippen LogP contribution in [-0.4, -0.2) is 31.1 Å². The lowest BCUT2D eigenvalue weighted by Crippen LogP contribution is -2.36. The van der Waals surface area contributed by atoms with Gasteiger partial charge >= 0.3 is 0 Å². The zero-order valence-electron chi connectivity index (χ0n) is 7.17. The van der Waals surface area contributed by atoms with Crippen LogP contribution in [-0.2, 0) is 4.79 Å². The van der Waals surface area contributed by atoms with E-state index < -0.39 is 0 Å². The zero-order chi connectivity index (χ0) is 8.27.